The van der Waals surface area contributed by atoms with Crippen molar-refractivity contribution < 1.29 is 9.90 Å². The number of aromatic nitrogens is 2. The van der Waals surface area contributed by atoms with Gasteiger partial charge in [-0.05, 0) is 63.1 Å². The zero-order valence-corrected chi connectivity index (χ0v) is 14.8. The molecule has 1 atom stereocenters. The van der Waals surface area contributed by atoms with Gasteiger partial charge in [0.2, 0.25) is 0 Å². The molecule has 3 N–H and O–H groups in total. The molecule has 0 saturated heterocycles. The first-order chi connectivity index (χ1) is 12.0. The Morgan fingerprint density at radius 3 is 2.76 bits per heavy atom. The fourth-order valence-electron chi connectivity index (χ4n) is 3.02. The zero-order chi connectivity index (χ0) is 17.8. The second-order valence-corrected chi connectivity index (χ2v) is 6.84. The molecule has 0 spiro atoms. The number of aromatic hydroxyl groups is 1. The van der Waals surface area contributed by atoms with Crippen molar-refractivity contribution in [1.29, 1.82) is 0 Å². The lowest BCUT2D eigenvalue weighted by Gasteiger charge is -2.15. The Morgan fingerprint density at radius 1 is 1.36 bits per heavy atom. The summed E-state index contributed by atoms with van der Waals surface area (Å²) in [6.07, 6.45) is 4.18. The van der Waals surface area contributed by atoms with E-state index in [1.54, 1.807) is 12.1 Å². The summed E-state index contributed by atoms with van der Waals surface area (Å²) in [6.45, 7) is 4.69. The molecule has 0 unspecified atom stereocenters. The Bertz CT molecular complexity index is 720. The van der Waals surface area contributed by atoms with Crippen molar-refractivity contribution in [2.24, 2.45) is 5.92 Å². The molecule has 1 heterocycles. The van der Waals surface area contributed by atoms with Gasteiger partial charge in [0, 0.05) is 12.6 Å². The van der Waals surface area contributed by atoms with Crippen LogP contribution in [0.1, 0.15) is 43.5 Å². The zero-order valence-electron chi connectivity index (χ0n) is 14.8. The van der Waals surface area contributed by atoms with Crippen LogP contribution in [0.25, 0.3) is 0 Å². The van der Waals surface area contributed by atoms with Gasteiger partial charge in [-0.25, -0.2) is 9.48 Å². The summed E-state index contributed by atoms with van der Waals surface area (Å²) < 4.78 is 1.93. The van der Waals surface area contributed by atoms with E-state index in [0.717, 1.165) is 29.9 Å². The SMILES string of the molecule is Cc1cc(NC(=O)NCCCc2ccc(O)cc2)n([C@@H](C)C2CC2)n1. The molecule has 25 heavy (non-hydrogen) atoms. The second kappa shape index (κ2) is 7.59. The number of rotatable bonds is 7. The van der Waals surface area contributed by atoms with Crippen molar-refractivity contribution in [2.45, 2.75) is 45.6 Å². The number of amides is 2. The van der Waals surface area contributed by atoms with Crippen LogP contribution in [0.15, 0.2) is 30.3 Å². The van der Waals surface area contributed by atoms with Gasteiger partial charge in [-0.2, -0.15) is 5.10 Å². The predicted molar refractivity (Wildman–Crippen MR) is 97.8 cm³/mol. The van der Waals surface area contributed by atoms with Crippen LogP contribution >= 0.6 is 0 Å². The lowest BCUT2D eigenvalue weighted by atomic mass is 10.1. The Morgan fingerprint density at radius 2 is 2.08 bits per heavy atom. The molecule has 1 aromatic carbocycles. The van der Waals surface area contributed by atoms with Crippen LogP contribution in [-0.2, 0) is 6.42 Å². The first-order valence-electron chi connectivity index (χ1n) is 8.92. The van der Waals surface area contributed by atoms with Crippen LogP contribution in [0.3, 0.4) is 0 Å². The van der Waals surface area contributed by atoms with Gasteiger partial charge in [-0.3, -0.25) is 5.32 Å². The van der Waals surface area contributed by atoms with Crippen molar-refractivity contribution in [3.05, 3.63) is 41.6 Å². The minimum Gasteiger partial charge on any atom is -0.508 e. The molecule has 1 saturated carbocycles. The largest absolute Gasteiger partial charge is 0.508 e. The van der Waals surface area contributed by atoms with E-state index in [-0.39, 0.29) is 11.8 Å². The van der Waals surface area contributed by atoms with Gasteiger partial charge < -0.3 is 10.4 Å². The summed E-state index contributed by atoms with van der Waals surface area (Å²) in [6, 6.07) is 9.19. The lowest BCUT2D eigenvalue weighted by Crippen LogP contribution is -2.31. The molecule has 134 valence electrons. The molecule has 6 nitrogen and oxygen atoms in total. The Balaban J connectivity index is 1.45. The first-order valence-corrected chi connectivity index (χ1v) is 8.92. The van der Waals surface area contributed by atoms with Crippen LogP contribution < -0.4 is 10.6 Å². The summed E-state index contributed by atoms with van der Waals surface area (Å²) in [7, 11) is 0. The van der Waals surface area contributed by atoms with Crippen LogP contribution in [-0.4, -0.2) is 27.5 Å². The number of carbonyl (C=O) groups is 1. The maximum atomic E-state index is 12.1. The highest BCUT2D eigenvalue weighted by Crippen LogP contribution is 2.40. The van der Waals surface area contributed by atoms with E-state index in [9.17, 15) is 9.90 Å². The van der Waals surface area contributed by atoms with Crippen LogP contribution in [0, 0.1) is 12.8 Å². The first kappa shape index (κ1) is 17.3. The third kappa shape index (κ3) is 4.75. The molecular weight excluding hydrogens is 316 g/mol. The summed E-state index contributed by atoms with van der Waals surface area (Å²) in [5, 5.41) is 19.6. The summed E-state index contributed by atoms with van der Waals surface area (Å²) in [5.74, 6) is 1.70. The Kier molecular flexibility index (Phi) is 5.26. The van der Waals surface area contributed by atoms with Gasteiger partial charge in [0.1, 0.15) is 11.6 Å². The van der Waals surface area contributed by atoms with E-state index >= 15 is 0 Å². The van der Waals surface area contributed by atoms with Crippen molar-refractivity contribution in [3.63, 3.8) is 0 Å². The number of nitrogens with zero attached hydrogens (tertiary/aromatic N) is 2. The average Bonchev–Trinajstić information content (AvgIpc) is 3.36. The molecule has 1 aliphatic rings. The Hall–Kier alpha value is -2.50. The molecule has 0 bridgehead atoms. The minimum absolute atomic E-state index is 0.199. The molecule has 0 aliphatic heterocycles. The quantitative estimate of drug-likeness (QED) is 0.672. The van der Waals surface area contributed by atoms with Gasteiger partial charge in [0.05, 0.1) is 11.7 Å². The third-order valence-electron chi connectivity index (χ3n) is 4.65. The molecule has 3 rings (SSSR count). The molecule has 1 aliphatic carbocycles. The topological polar surface area (TPSA) is 79.2 Å². The molecule has 1 aromatic heterocycles. The fraction of sp³-hybridized carbons (Fsp3) is 0.474. The molecule has 1 fully saturated rings. The number of anilines is 1. The highest BCUT2D eigenvalue weighted by molar-refractivity contribution is 5.88. The standard InChI is InChI=1S/C19H26N4O2/c1-13-12-18(23(22-13)14(2)16-7-8-16)21-19(25)20-11-3-4-15-5-9-17(24)10-6-15/h5-6,9-10,12,14,16,24H,3-4,7-8,11H2,1-2H3,(H2,20,21,25)/t14-/m0/s1. The highest BCUT2D eigenvalue weighted by Gasteiger charge is 2.31. The number of aryl methyl sites for hydroxylation is 2. The number of benzene rings is 1. The maximum absolute atomic E-state index is 12.1. The van der Waals surface area contributed by atoms with Crippen molar-refractivity contribution in [2.75, 3.05) is 11.9 Å². The van der Waals surface area contributed by atoms with Crippen LogP contribution in [0.2, 0.25) is 0 Å². The van der Waals surface area contributed by atoms with Crippen molar-refractivity contribution in [1.82, 2.24) is 15.1 Å². The molecule has 0 radical (unpaired) electrons. The van der Waals surface area contributed by atoms with Crippen molar-refractivity contribution >= 4 is 11.8 Å². The number of phenolic OH excluding ortho intramolecular Hbond substituents is 1. The molecule has 2 amide bonds. The van der Waals surface area contributed by atoms with E-state index in [1.165, 1.54) is 12.8 Å². The molecular formula is C19H26N4O2. The fourth-order valence-corrected chi connectivity index (χ4v) is 3.02. The van der Waals surface area contributed by atoms with Gasteiger partial charge in [0.25, 0.3) is 0 Å². The highest BCUT2D eigenvalue weighted by atomic mass is 16.3. The number of phenols is 1. The lowest BCUT2D eigenvalue weighted by molar-refractivity contribution is 0.251. The normalized spacial score (nSPS) is 15.0. The number of nitrogens with one attached hydrogen (secondary N) is 2. The number of urea groups is 1. The van der Waals surface area contributed by atoms with Crippen LogP contribution in [0.5, 0.6) is 5.75 Å². The number of hydrogen-bond donors (Lipinski definition) is 3. The summed E-state index contributed by atoms with van der Waals surface area (Å²) in [4.78, 5) is 12.1. The summed E-state index contributed by atoms with van der Waals surface area (Å²) in [5.41, 5.74) is 2.06. The van der Waals surface area contributed by atoms with E-state index in [1.807, 2.05) is 29.8 Å². The van der Waals surface area contributed by atoms with E-state index in [0.29, 0.717) is 18.5 Å². The predicted octanol–water partition coefficient (Wildman–Crippen LogP) is 3.62. The number of hydrogen-bond acceptors (Lipinski definition) is 3. The third-order valence-corrected chi connectivity index (χ3v) is 4.65. The van der Waals surface area contributed by atoms with Crippen LogP contribution in [0.4, 0.5) is 10.6 Å². The maximum Gasteiger partial charge on any atom is 0.320 e. The molecule has 2 aromatic rings. The van der Waals surface area contributed by atoms with Gasteiger partial charge in [0.15, 0.2) is 0 Å². The van der Waals surface area contributed by atoms with E-state index in [2.05, 4.69) is 22.7 Å². The minimum atomic E-state index is -0.199. The van der Waals surface area contributed by atoms with E-state index in [4.69, 9.17) is 0 Å². The average molecular weight is 342 g/mol. The summed E-state index contributed by atoms with van der Waals surface area (Å²) >= 11 is 0. The van der Waals surface area contributed by atoms with Crippen molar-refractivity contribution in [3.8, 4) is 5.75 Å². The monoisotopic (exact) mass is 342 g/mol. The number of carbonyl (C=O) groups excluding carboxylic acids is 1. The van der Waals surface area contributed by atoms with Gasteiger partial charge in [-0.15, -0.1) is 0 Å². The second-order valence-electron chi connectivity index (χ2n) is 6.84. The van der Waals surface area contributed by atoms with Gasteiger partial charge >= 0.3 is 6.03 Å². The smallest absolute Gasteiger partial charge is 0.320 e. The molecule has 6 heteroatoms. The van der Waals surface area contributed by atoms with E-state index < -0.39 is 0 Å². The van der Waals surface area contributed by atoms with Gasteiger partial charge in [-0.1, -0.05) is 12.1 Å². The Labute approximate surface area is 148 Å².